The number of hydrogen-bond donors (Lipinski definition) is 2. The van der Waals surface area contributed by atoms with Crippen LogP contribution in [0.3, 0.4) is 0 Å². The Hall–Kier alpha value is -3.86. The minimum absolute atomic E-state index is 0.136. The van der Waals surface area contributed by atoms with E-state index in [1.165, 1.54) is 0 Å². The van der Waals surface area contributed by atoms with Crippen molar-refractivity contribution in [2.45, 2.75) is 31.7 Å². The van der Waals surface area contributed by atoms with Gasteiger partial charge < -0.3 is 16.0 Å². The molecule has 38 heavy (non-hydrogen) atoms. The van der Waals surface area contributed by atoms with Gasteiger partial charge in [0, 0.05) is 41.9 Å². The highest BCUT2D eigenvalue weighted by molar-refractivity contribution is 6.01. The highest BCUT2D eigenvalue weighted by Gasteiger charge is 2.35. The van der Waals surface area contributed by atoms with E-state index in [4.69, 9.17) is 5.73 Å². The number of aliphatic imine (C=N–C) groups is 1. The van der Waals surface area contributed by atoms with Crippen molar-refractivity contribution in [3.63, 3.8) is 0 Å². The van der Waals surface area contributed by atoms with Crippen LogP contribution >= 0.6 is 0 Å². The number of benzene rings is 1. The molecule has 3 N–H and O–H groups in total. The standard InChI is InChI=1S/C27H29F4N7/c1-16-13-34-26(35-14-16)25(32)33-10-5-6-18-12-20-19(24(36-18)17(2)27(29,30)31)7-4-8-22(20)37-23-9-11-38(3)15-21(23)28/h4-8,12-14,21,23,37H,2,9-11,15H2,1,3H3,(H2,32,33)/b6-5+/t21-,23+/m0/s1. The molecule has 11 heteroatoms. The highest BCUT2D eigenvalue weighted by Crippen LogP contribution is 2.37. The van der Waals surface area contributed by atoms with Crippen molar-refractivity contribution in [3.8, 4) is 0 Å². The number of hydrogen-bond acceptors (Lipinski definition) is 6. The lowest BCUT2D eigenvalue weighted by molar-refractivity contribution is -0.0688. The smallest absolute Gasteiger partial charge is 0.381 e. The molecular weight excluding hydrogens is 498 g/mol. The Morgan fingerprint density at radius 1 is 1.26 bits per heavy atom. The Morgan fingerprint density at radius 2 is 2.00 bits per heavy atom. The highest BCUT2D eigenvalue weighted by atomic mass is 19.4. The third kappa shape index (κ3) is 6.34. The lowest BCUT2D eigenvalue weighted by Gasteiger charge is -2.33. The van der Waals surface area contributed by atoms with Gasteiger partial charge in [-0.2, -0.15) is 13.2 Å². The molecule has 1 saturated heterocycles. The van der Waals surface area contributed by atoms with E-state index in [9.17, 15) is 17.6 Å². The number of nitrogens with zero attached hydrogens (tertiary/aromatic N) is 5. The van der Waals surface area contributed by atoms with Crippen molar-refractivity contribution in [1.29, 1.82) is 0 Å². The minimum Gasteiger partial charge on any atom is -0.381 e. The van der Waals surface area contributed by atoms with Crippen molar-refractivity contribution in [1.82, 2.24) is 19.9 Å². The lowest BCUT2D eigenvalue weighted by Crippen LogP contribution is -2.46. The van der Waals surface area contributed by atoms with Crippen molar-refractivity contribution in [3.05, 3.63) is 72.1 Å². The van der Waals surface area contributed by atoms with Gasteiger partial charge in [-0.1, -0.05) is 24.8 Å². The van der Waals surface area contributed by atoms with E-state index in [2.05, 4.69) is 31.8 Å². The molecule has 0 amide bonds. The number of fused-ring (bicyclic) bond motifs is 1. The zero-order chi connectivity index (χ0) is 27.4. The maximum atomic E-state index is 14.7. The largest absolute Gasteiger partial charge is 0.417 e. The summed E-state index contributed by atoms with van der Waals surface area (Å²) in [6, 6.07) is 6.12. The zero-order valence-corrected chi connectivity index (χ0v) is 21.1. The van der Waals surface area contributed by atoms with Gasteiger partial charge in [0.05, 0.1) is 29.5 Å². The summed E-state index contributed by atoms with van der Waals surface area (Å²) >= 11 is 0. The topological polar surface area (TPSA) is 92.3 Å². The molecule has 0 saturated carbocycles. The lowest BCUT2D eigenvalue weighted by atomic mass is 9.99. The fraction of sp³-hybridized carbons (Fsp3) is 0.333. The summed E-state index contributed by atoms with van der Waals surface area (Å²) in [7, 11) is 1.85. The number of aryl methyl sites for hydroxylation is 1. The molecule has 2 atom stereocenters. The first-order valence-corrected chi connectivity index (χ1v) is 12.1. The molecule has 2 aromatic heterocycles. The number of halogens is 4. The average Bonchev–Trinajstić information content (AvgIpc) is 2.87. The number of piperidine rings is 1. The van der Waals surface area contributed by atoms with Crippen LogP contribution in [0.25, 0.3) is 22.4 Å². The maximum absolute atomic E-state index is 14.7. The molecule has 3 heterocycles. The van der Waals surface area contributed by atoms with Crippen LogP contribution in [0.15, 0.2) is 54.3 Å². The fourth-order valence-corrected chi connectivity index (χ4v) is 4.21. The van der Waals surface area contributed by atoms with Gasteiger partial charge in [0.15, 0.2) is 11.7 Å². The SMILES string of the molecule is C=C(c1nc(/C=C/CN=C(N)c2ncc(C)cn2)cc2c(N[C@@H]3CCN(C)C[C@@H]3F)cccc12)C(F)(F)F. The van der Waals surface area contributed by atoms with Gasteiger partial charge in [0.25, 0.3) is 0 Å². The van der Waals surface area contributed by atoms with Crippen LogP contribution in [0.5, 0.6) is 0 Å². The van der Waals surface area contributed by atoms with E-state index in [0.717, 1.165) is 5.56 Å². The molecule has 7 nitrogen and oxygen atoms in total. The fourth-order valence-electron chi connectivity index (χ4n) is 4.21. The van der Waals surface area contributed by atoms with Gasteiger partial charge in [-0.3, -0.25) is 4.99 Å². The van der Waals surface area contributed by atoms with E-state index in [1.807, 2.05) is 18.9 Å². The summed E-state index contributed by atoms with van der Waals surface area (Å²) in [6.45, 7) is 6.25. The summed E-state index contributed by atoms with van der Waals surface area (Å²) in [5.74, 6) is 0.421. The van der Waals surface area contributed by atoms with E-state index in [1.54, 1.807) is 48.8 Å². The third-order valence-corrected chi connectivity index (χ3v) is 6.27. The zero-order valence-electron chi connectivity index (χ0n) is 21.1. The number of likely N-dealkylation sites (tertiary alicyclic amines) is 1. The molecule has 1 aromatic carbocycles. The van der Waals surface area contributed by atoms with Crippen LogP contribution < -0.4 is 11.1 Å². The maximum Gasteiger partial charge on any atom is 0.417 e. The molecule has 200 valence electrons. The molecule has 0 radical (unpaired) electrons. The summed E-state index contributed by atoms with van der Waals surface area (Å²) in [5.41, 5.74) is 6.28. The second-order valence-electron chi connectivity index (χ2n) is 9.30. The Morgan fingerprint density at radius 3 is 2.68 bits per heavy atom. The molecule has 0 spiro atoms. The number of nitrogens with two attached hydrogens (primary N) is 1. The van der Waals surface area contributed by atoms with Gasteiger partial charge >= 0.3 is 6.18 Å². The van der Waals surface area contributed by atoms with Gasteiger partial charge in [0.2, 0.25) is 0 Å². The third-order valence-electron chi connectivity index (χ3n) is 6.27. The van der Waals surface area contributed by atoms with Crippen LogP contribution in [0, 0.1) is 6.92 Å². The van der Waals surface area contributed by atoms with Crippen molar-refractivity contribution in [2.75, 3.05) is 32.0 Å². The first-order valence-electron chi connectivity index (χ1n) is 12.1. The van der Waals surface area contributed by atoms with Crippen LogP contribution in [0.4, 0.5) is 23.2 Å². The number of anilines is 1. The second-order valence-corrected chi connectivity index (χ2v) is 9.30. The summed E-state index contributed by atoms with van der Waals surface area (Å²) in [4.78, 5) is 18.6. The molecule has 3 aromatic rings. The number of nitrogens with one attached hydrogen (secondary N) is 1. The number of pyridine rings is 1. The monoisotopic (exact) mass is 527 g/mol. The number of aromatic nitrogens is 3. The van der Waals surface area contributed by atoms with E-state index < -0.39 is 24.0 Å². The van der Waals surface area contributed by atoms with Crippen LogP contribution in [-0.2, 0) is 0 Å². The quantitative estimate of drug-likeness (QED) is 0.261. The second kappa shape index (κ2) is 11.3. The van der Waals surface area contributed by atoms with E-state index in [-0.39, 0.29) is 41.5 Å². The molecule has 0 bridgehead atoms. The number of amidine groups is 1. The Kier molecular flexibility index (Phi) is 8.05. The van der Waals surface area contributed by atoms with Crippen LogP contribution in [-0.4, -0.2) is 70.8 Å². The van der Waals surface area contributed by atoms with Gasteiger partial charge in [-0.15, -0.1) is 0 Å². The van der Waals surface area contributed by atoms with Crippen molar-refractivity contribution >= 4 is 33.9 Å². The predicted molar refractivity (Wildman–Crippen MR) is 143 cm³/mol. The number of alkyl halides is 4. The first kappa shape index (κ1) is 27.2. The number of rotatable bonds is 7. The molecule has 1 aliphatic heterocycles. The molecule has 1 aliphatic rings. The van der Waals surface area contributed by atoms with E-state index >= 15 is 0 Å². The van der Waals surface area contributed by atoms with Crippen LogP contribution in [0.2, 0.25) is 0 Å². The molecule has 4 rings (SSSR count). The summed E-state index contributed by atoms with van der Waals surface area (Å²) in [6.07, 6.45) is 1.21. The molecular formula is C27H29F4N7. The predicted octanol–water partition coefficient (Wildman–Crippen LogP) is 4.78. The molecule has 0 aliphatic carbocycles. The first-order chi connectivity index (χ1) is 18.0. The minimum atomic E-state index is -4.67. The normalized spacial score (nSPS) is 19.3. The Balaban J connectivity index is 1.67. The Bertz CT molecular complexity index is 1370. The van der Waals surface area contributed by atoms with Gasteiger partial charge in [-0.05, 0) is 44.2 Å². The van der Waals surface area contributed by atoms with Gasteiger partial charge in [-0.25, -0.2) is 19.3 Å². The molecule has 1 fully saturated rings. The average molecular weight is 528 g/mol. The summed E-state index contributed by atoms with van der Waals surface area (Å²) < 4.78 is 55.7. The Labute approximate surface area is 218 Å². The van der Waals surface area contributed by atoms with Crippen molar-refractivity contribution < 1.29 is 17.6 Å². The van der Waals surface area contributed by atoms with Crippen molar-refractivity contribution in [2.24, 2.45) is 10.7 Å². The molecule has 0 unspecified atom stereocenters. The van der Waals surface area contributed by atoms with E-state index in [0.29, 0.717) is 24.0 Å². The van der Waals surface area contributed by atoms with Crippen LogP contribution in [0.1, 0.15) is 29.2 Å². The van der Waals surface area contributed by atoms with Gasteiger partial charge in [0.1, 0.15) is 6.17 Å². The number of allylic oxidation sites excluding steroid dienone is 1. The summed E-state index contributed by atoms with van der Waals surface area (Å²) in [5, 5.41) is 3.98.